The number of benzene rings is 1. The molecule has 1 aliphatic heterocycles. The van der Waals surface area contributed by atoms with E-state index in [9.17, 15) is 9.59 Å². The normalized spacial score (nSPS) is 12.0. The molecule has 0 fully saturated rings. The zero-order chi connectivity index (χ0) is 20.2. The fraction of sp³-hybridized carbons (Fsp3) is 0.222. The van der Waals surface area contributed by atoms with Gasteiger partial charge in [0, 0.05) is 12.1 Å². The summed E-state index contributed by atoms with van der Waals surface area (Å²) in [7, 11) is 0. The van der Waals surface area contributed by atoms with Gasteiger partial charge in [0.05, 0.1) is 12.0 Å². The second-order valence-corrected chi connectivity index (χ2v) is 6.83. The minimum absolute atomic E-state index is 0.0533. The minimum Gasteiger partial charge on any atom is -0.461 e. The molecular formula is C18H17N5O5S. The summed E-state index contributed by atoms with van der Waals surface area (Å²) < 4.78 is 17.7. The number of furan rings is 1. The van der Waals surface area contributed by atoms with Gasteiger partial charge in [0.2, 0.25) is 12.7 Å². The average molecular weight is 415 g/mol. The minimum atomic E-state index is -0.460. The third kappa shape index (κ3) is 4.04. The third-order valence-electron chi connectivity index (χ3n) is 4.06. The first-order chi connectivity index (χ1) is 14.2. The van der Waals surface area contributed by atoms with E-state index in [0.717, 1.165) is 0 Å². The molecular weight excluding hydrogens is 398 g/mol. The lowest BCUT2D eigenvalue weighted by molar-refractivity contribution is -0.119. The summed E-state index contributed by atoms with van der Waals surface area (Å²) in [4.78, 5) is 24.3. The maximum absolute atomic E-state index is 12.2. The van der Waals surface area contributed by atoms with E-state index in [1.807, 2.05) is 11.5 Å². The van der Waals surface area contributed by atoms with Crippen LogP contribution in [0.1, 0.15) is 17.3 Å². The van der Waals surface area contributed by atoms with Crippen LogP contribution >= 0.6 is 11.8 Å². The van der Waals surface area contributed by atoms with E-state index in [1.54, 1.807) is 36.6 Å². The number of fused-ring (bicyclic) bond motifs is 1. The number of thioether (sulfide) groups is 1. The smallest absolute Gasteiger partial charge is 0.269 e. The number of hydrogen-bond acceptors (Lipinski definition) is 8. The SMILES string of the molecule is CCn1c(SCC(=O)NNC(=O)c2ccc3c(c2)OCO3)nnc1-c1ccco1. The van der Waals surface area contributed by atoms with Crippen molar-refractivity contribution in [2.24, 2.45) is 0 Å². The molecule has 0 saturated heterocycles. The molecule has 3 aromatic rings. The number of carbonyl (C=O) groups excluding carboxylic acids is 2. The van der Waals surface area contributed by atoms with Crippen LogP contribution < -0.4 is 20.3 Å². The molecule has 3 heterocycles. The Labute approximate surface area is 169 Å². The van der Waals surface area contributed by atoms with Crippen molar-refractivity contribution in [3.8, 4) is 23.1 Å². The Kier molecular flexibility index (Phi) is 5.38. The van der Waals surface area contributed by atoms with Gasteiger partial charge in [-0.15, -0.1) is 10.2 Å². The van der Waals surface area contributed by atoms with Crippen molar-refractivity contribution in [3.05, 3.63) is 42.2 Å². The van der Waals surface area contributed by atoms with E-state index in [0.29, 0.717) is 40.3 Å². The zero-order valence-electron chi connectivity index (χ0n) is 15.4. The highest BCUT2D eigenvalue weighted by Crippen LogP contribution is 2.32. The number of amides is 2. The number of carbonyl (C=O) groups is 2. The summed E-state index contributed by atoms with van der Waals surface area (Å²) in [6, 6.07) is 8.35. The van der Waals surface area contributed by atoms with Gasteiger partial charge in [-0.1, -0.05) is 11.8 Å². The quantitative estimate of drug-likeness (QED) is 0.462. The summed E-state index contributed by atoms with van der Waals surface area (Å²) in [6.45, 7) is 2.69. The molecule has 2 amide bonds. The van der Waals surface area contributed by atoms with Crippen molar-refractivity contribution in [1.82, 2.24) is 25.6 Å². The van der Waals surface area contributed by atoms with Gasteiger partial charge >= 0.3 is 0 Å². The van der Waals surface area contributed by atoms with Crippen LogP contribution in [0.25, 0.3) is 11.6 Å². The molecule has 1 aromatic carbocycles. The summed E-state index contributed by atoms with van der Waals surface area (Å²) >= 11 is 1.21. The first kappa shape index (κ1) is 18.9. The summed E-state index contributed by atoms with van der Waals surface area (Å²) in [5, 5.41) is 8.82. The van der Waals surface area contributed by atoms with Crippen LogP contribution in [-0.4, -0.2) is 39.1 Å². The first-order valence-corrected chi connectivity index (χ1v) is 9.73. The Balaban J connectivity index is 1.31. The third-order valence-corrected chi connectivity index (χ3v) is 5.02. The molecule has 150 valence electrons. The molecule has 0 aliphatic carbocycles. The van der Waals surface area contributed by atoms with Gasteiger partial charge in [-0.25, -0.2) is 0 Å². The van der Waals surface area contributed by atoms with Gasteiger partial charge in [0.25, 0.3) is 5.91 Å². The molecule has 0 bridgehead atoms. The van der Waals surface area contributed by atoms with Gasteiger partial charge in [0.15, 0.2) is 28.2 Å². The van der Waals surface area contributed by atoms with Gasteiger partial charge < -0.3 is 13.9 Å². The Hall–Kier alpha value is -3.47. The Morgan fingerprint density at radius 1 is 1.17 bits per heavy atom. The molecule has 10 nitrogen and oxygen atoms in total. The fourth-order valence-electron chi connectivity index (χ4n) is 2.67. The summed E-state index contributed by atoms with van der Waals surface area (Å²) in [5.41, 5.74) is 5.10. The maximum Gasteiger partial charge on any atom is 0.269 e. The van der Waals surface area contributed by atoms with Crippen molar-refractivity contribution in [2.75, 3.05) is 12.5 Å². The number of rotatable bonds is 6. The average Bonchev–Trinajstić information content (AvgIpc) is 3.49. The molecule has 0 atom stereocenters. The molecule has 0 radical (unpaired) electrons. The van der Waals surface area contributed by atoms with Crippen LogP contribution in [0.4, 0.5) is 0 Å². The topological polar surface area (TPSA) is 121 Å². The van der Waals surface area contributed by atoms with Gasteiger partial charge in [-0.3, -0.25) is 25.0 Å². The van der Waals surface area contributed by atoms with E-state index in [2.05, 4.69) is 21.0 Å². The number of nitrogens with one attached hydrogen (secondary N) is 2. The second kappa shape index (κ2) is 8.27. The van der Waals surface area contributed by atoms with Crippen LogP contribution in [-0.2, 0) is 11.3 Å². The van der Waals surface area contributed by atoms with E-state index in [4.69, 9.17) is 13.9 Å². The van der Waals surface area contributed by atoms with Crippen molar-refractivity contribution in [2.45, 2.75) is 18.6 Å². The summed E-state index contributed by atoms with van der Waals surface area (Å²) in [6.07, 6.45) is 1.56. The van der Waals surface area contributed by atoms with Gasteiger partial charge in [-0.2, -0.15) is 0 Å². The highest BCUT2D eigenvalue weighted by atomic mass is 32.2. The maximum atomic E-state index is 12.2. The molecule has 11 heteroatoms. The first-order valence-electron chi connectivity index (χ1n) is 8.74. The lowest BCUT2D eigenvalue weighted by atomic mass is 10.2. The fourth-order valence-corrected chi connectivity index (χ4v) is 3.47. The van der Waals surface area contributed by atoms with Crippen LogP contribution in [0.3, 0.4) is 0 Å². The molecule has 2 aromatic heterocycles. The van der Waals surface area contributed by atoms with E-state index >= 15 is 0 Å². The molecule has 29 heavy (non-hydrogen) atoms. The predicted octanol–water partition coefficient (Wildman–Crippen LogP) is 1.84. The van der Waals surface area contributed by atoms with Crippen molar-refractivity contribution >= 4 is 23.6 Å². The van der Waals surface area contributed by atoms with Crippen molar-refractivity contribution in [1.29, 1.82) is 0 Å². The molecule has 1 aliphatic rings. The largest absolute Gasteiger partial charge is 0.461 e. The van der Waals surface area contributed by atoms with E-state index < -0.39 is 5.91 Å². The molecule has 2 N–H and O–H groups in total. The predicted molar refractivity (Wildman–Crippen MR) is 102 cm³/mol. The van der Waals surface area contributed by atoms with E-state index in [-0.39, 0.29) is 18.5 Å². The van der Waals surface area contributed by atoms with Crippen LogP contribution in [0.15, 0.2) is 46.2 Å². The second-order valence-electron chi connectivity index (χ2n) is 5.89. The Morgan fingerprint density at radius 3 is 2.83 bits per heavy atom. The molecule has 0 spiro atoms. The standard InChI is InChI=1S/C18H17N5O5S/c1-2-23-16(13-4-3-7-26-13)20-22-18(23)29-9-15(24)19-21-17(25)11-5-6-12-14(8-11)28-10-27-12/h3-8H,2,9-10H2,1H3,(H,19,24)(H,21,25). The molecule has 0 saturated carbocycles. The zero-order valence-corrected chi connectivity index (χ0v) is 16.2. The van der Waals surface area contributed by atoms with Crippen molar-refractivity contribution in [3.63, 3.8) is 0 Å². The number of nitrogens with zero attached hydrogens (tertiary/aromatic N) is 3. The highest BCUT2D eigenvalue weighted by Gasteiger charge is 2.18. The van der Waals surface area contributed by atoms with Crippen LogP contribution in [0, 0.1) is 0 Å². The Morgan fingerprint density at radius 2 is 2.03 bits per heavy atom. The monoisotopic (exact) mass is 415 g/mol. The number of hydrogen-bond donors (Lipinski definition) is 2. The Bertz CT molecular complexity index is 1030. The van der Waals surface area contributed by atoms with Gasteiger partial charge in [0.1, 0.15) is 0 Å². The van der Waals surface area contributed by atoms with E-state index in [1.165, 1.54) is 11.8 Å². The van der Waals surface area contributed by atoms with Gasteiger partial charge in [-0.05, 0) is 37.3 Å². The summed E-state index contributed by atoms with van der Waals surface area (Å²) in [5.74, 6) is 1.48. The number of ether oxygens (including phenoxy) is 2. The number of aromatic nitrogens is 3. The lowest BCUT2D eigenvalue weighted by Gasteiger charge is -2.08. The number of hydrazine groups is 1. The van der Waals surface area contributed by atoms with Crippen LogP contribution in [0.5, 0.6) is 11.5 Å². The van der Waals surface area contributed by atoms with Crippen molar-refractivity contribution < 1.29 is 23.5 Å². The highest BCUT2D eigenvalue weighted by molar-refractivity contribution is 7.99. The molecule has 4 rings (SSSR count). The molecule has 0 unspecified atom stereocenters. The van der Waals surface area contributed by atoms with Crippen LogP contribution in [0.2, 0.25) is 0 Å². The lowest BCUT2D eigenvalue weighted by Crippen LogP contribution is -2.42.